The van der Waals surface area contributed by atoms with Crippen LogP contribution >= 0.6 is 0 Å². The molecule has 5 heteroatoms. The number of nitrogens with one attached hydrogen (secondary N) is 2. The van der Waals surface area contributed by atoms with E-state index in [9.17, 15) is 0 Å². The molecule has 0 saturated carbocycles. The van der Waals surface area contributed by atoms with Gasteiger partial charge in [-0.2, -0.15) is 0 Å². The molecule has 2 N–H and O–H groups in total. The predicted molar refractivity (Wildman–Crippen MR) is 66.2 cm³/mol. The number of aromatic nitrogens is 4. The lowest BCUT2D eigenvalue weighted by Crippen LogP contribution is -2.19. The number of imidazole rings is 1. The fourth-order valence-corrected chi connectivity index (χ4v) is 1.51. The zero-order valence-electron chi connectivity index (χ0n) is 10.1. The van der Waals surface area contributed by atoms with Gasteiger partial charge >= 0.3 is 0 Å². The van der Waals surface area contributed by atoms with Gasteiger partial charge in [0.2, 0.25) is 0 Å². The highest BCUT2D eigenvalue weighted by molar-refractivity contribution is 5.47. The Bertz CT molecular complexity index is 449. The van der Waals surface area contributed by atoms with E-state index in [1.165, 1.54) is 6.33 Å². The highest BCUT2D eigenvalue weighted by Gasteiger charge is 2.04. The molecule has 0 saturated heterocycles. The molecule has 0 bridgehead atoms. The third-order valence-electron chi connectivity index (χ3n) is 2.32. The van der Waals surface area contributed by atoms with Gasteiger partial charge in [0.05, 0.1) is 6.20 Å². The number of nitrogens with zero attached hydrogens (tertiary/aromatic N) is 3. The van der Waals surface area contributed by atoms with Crippen molar-refractivity contribution in [3.8, 4) is 11.5 Å². The van der Waals surface area contributed by atoms with Gasteiger partial charge < -0.3 is 10.3 Å². The van der Waals surface area contributed by atoms with Gasteiger partial charge in [-0.1, -0.05) is 13.8 Å². The molecule has 5 nitrogen and oxygen atoms in total. The lowest BCUT2D eigenvalue weighted by molar-refractivity contribution is 0.549. The van der Waals surface area contributed by atoms with E-state index in [2.05, 4.69) is 39.1 Å². The fourth-order valence-electron chi connectivity index (χ4n) is 1.51. The quantitative estimate of drug-likeness (QED) is 0.820. The van der Waals surface area contributed by atoms with Gasteiger partial charge in [0.15, 0.2) is 5.82 Å². The topological polar surface area (TPSA) is 66.5 Å². The van der Waals surface area contributed by atoms with Gasteiger partial charge in [0, 0.05) is 18.4 Å². The van der Waals surface area contributed by atoms with E-state index < -0.39 is 0 Å². The maximum atomic E-state index is 4.30. The summed E-state index contributed by atoms with van der Waals surface area (Å²) in [6, 6.07) is 1.84. The van der Waals surface area contributed by atoms with Gasteiger partial charge in [-0.15, -0.1) is 0 Å². The predicted octanol–water partition coefficient (Wildman–Crippen LogP) is 1.61. The van der Waals surface area contributed by atoms with Gasteiger partial charge in [-0.3, -0.25) is 0 Å². The monoisotopic (exact) mass is 231 g/mol. The molecule has 2 aromatic rings. The summed E-state index contributed by atoms with van der Waals surface area (Å²) in [5.41, 5.74) is 1.88. The van der Waals surface area contributed by atoms with Crippen LogP contribution in [-0.4, -0.2) is 26.5 Å². The maximum absolute atomic E-state index is 4.30. The van der Waals surface area contributed by atoms with Crippen molar-refractivity contribution in [2.24, 2.45) is 5.92 Å². The molecule has 2 heterocycles. The molecule has 0 fully saturated rings. The Hall–Kier alpha value is -1.75. The Balaban J connectivity index is 1.97. The van der Waals surface area contributed by atoms with Crippen LogP contribution in [0.1, 0.15) is 19.5 Å². The summed E-state index contributed by atoms with van der Waals surface area (Å²) >= 11 is 0. The Morgan fingerprint density at radius 1 is 1.35 bits per heavy atom. The maximum Gasteiger partial charge on any atom is 0.156 e. The van der Waals surface area contributed by atoms with Crippen LogP contribution in [-0.2, 0) is 6.54 Å². The minimum Gasteiger partial charge on any atom is -0.339 e. The average molecular weight is 231 g/mol. The van der Waals surface area contributed by atoms with Crippen molar-refractivity contribution in [1.29, 1.82) is 0 Å². The van der Waals surface area contributed by atoms with Crippen molar-refractivity contribution in [3.63, 3.8) is 0 Å². The second kappa shape index (κ2) is 5.54. The van der Waals surface area contributed by atoms with Crippen molar-refractivity contribution in [1.82, 2.24) is 25.3 Å². The fraction of sp³-hybridized carbons (Fsp3) is 0.417. The standard InChI is InChI=1S/C12H17N5/c1-9(2)5-14-6-10-7-15-12(17-10)11-3-4-13-8-16-11/h3-4,7-9,14H,5-6H2,1-2H3,(H,15,17). The number of H-pyrrole nitrogens is 1. The van der Waals surface area contributed by atoms with E-state index in [-0.39, 0.29) is 0 Å². The van der Waals surface area contributed by atoms with Crippen LogP contribution in [0.2, 0.25) is 0 Å². The number of hydrogen-bond donors (Lipinski definition) is 2. The molecule has 0 atom stereocenters. The van der Waals surface area contributed by atoms with Crippen LogP contribution in [0.4, 0.5) is 0 Å². The molecule has 0 aliphatic rings. The summed E-state index contributed by atoms with van der Waals surface area (Å²) in [6.45, 7) is 6.18. The van der Waals surface area contributed by atoms with E-state index in [0.717, 1.165) is 30.3 Å². The van der Waals surface area contributed by atoms with Crippen LogP contribution in [0.3, 0.4) is 0 Å². The summed E-state index contributed by atoms with van der Waals surface area (Å²) in [5, 5.41) is 3.36. The van der Waals surface area contributed by atoms with Crippen LogP contribution in [0.15, 0.2) is 24.8 Å². The van der Waals surface area contributed by atoms with Crippen molar-refractivity contribution in [3.05, 3.63) is 30.5 Å². The van der Waals surface area contributed by atoms with E-state index in [1.807, 2.05) is 12.3 Å². The van der Waals surface area contributed by atoms with Crippen molar-refractivity contribution < 1.29 is 0 Å². The minimum atomic E-state index is 0.652. The first-order valence-corrected chi connectivity index (χ1v) is 5.76. The van der Waals surface area contributed by atoms with E-state index in [4.69, 9.17) is 0 Å². The van der Waals surface area contributed by atoms with Crippen molar-refractivity contribution in [2.45, 2.75) is 20.4 Å². The second-order valence-corrected chi connectivity index (χ2v) is 4.38. The summed E-state index contributed by atoms with van der Waals surface area (Å²) in [6.07, 6.45) is 5.07. The molecule has 0 aliphatic heterocycles. The van der Waals surface area contributed by atoms with Crippen LogP contribution in [0.25, 0.3) is 11.5 Å². The van der Waals surface area contributed by atoms with Gasteiger partial charge in [0.1, 0.15) is 12.0 Å². The van der Waals surface area contributed by atoms with Crippen LogP contribution in [0.5, 0.6) is 0 Å². The van der Waals surface area contributed by atoms with E-state index in [1.54, 1.807) is 6.20 Å². The summed E-state index contributed by atoms with van der Waals surface area (Å²) in [7, 11) is 0. The summed E-state index contributed by atoms with van der Waals surface area (Å²) in [4.78, 5) is 15.6. The number of hydrogen-bond acceptors (Lipinski definition) is 4. The normalized spacial score (nSPS) is 11.0. The van der Waals surface area contributed by atoms with Crippen molar-refractivity contribution in [2.75, 3.05) is 6.54 Å². The highest BCUT2D eigenvalue weighted by Crippen LogP contribution is 2.10. The zero-order valence-corrected chi connectivity index (χ0v) is 10.1. The largest absolute Gasteiger partial charge is 0.339 e. The molecule has 2 rings (SSSR count). The molecular formula is C12H17N5. The second-order valence-electron chi connectivity index (χ2n) is 4.38. The third kappa shape index (κ3) is 3.35. The molecule has 90 valence electrons. The van der Waals surface area contributed by atoms with Gasteiger partial charge in [-0.25, -0.2) is 15.0 Å². The lowest BCUT2D eigenvalue weighted by Gasteiger charge is -2.05. The molecular weight excluding hydrogens is 214 g/mol. The third-order valence-corrected chi connectivity index (χ3v) is 2.32. The molecule has 0 spiro atoms. The van der Waals surface area contributed by atoms with E-state index in [0.29, 0.717) is 5.92 Å². The van der Waals surface area contributed by atoms with Crippen molar-refractivity contribution >= 4 is 0 Å². The van der Waals surface area contributed by atoms with E-state index >= 15 is 0 Å². The Labute approximate surface area is 101 Å². The Morgan fingerprint density at radius 3 is 2.94 bits per heavy atom. The minimum absolute atomic E-state index is 0.652. The molecule has 0 aromatic carbocycles. The molecule has 0 radical (unpaired) electrons. The molecule has 0 amide bonds. The zero-order chi connectivity index (χ0) is 12.1. The summed E-state index contributed by atoms with van der Waals surface area (Å²) < 4.78 is 0. The number of aromatic amines is 1. The lowest BCUT2D eigenvalue weighted by atomic mass is 10.2. The first kappa shape index (κ1) is 11.7. The molecule has 0 unspecified atom stereocenters. The first-order chi connectivity index (χ1) is 8.25. The van der Waals surface area contributed by atoms with Gasteiger partial charge in [0.25, 0.3) is 0 Å². The Kier molecular flexibility index (Phi) is 3.82. The van der Waals surface area contributed by atoms with Gasteiger partial charge in [-0.05, 0) is 18.5 Å². The highest BCUT2D eigenvalue weighted by atomic mass is 15.0. The molecule has 0 aliphatic carbocycles. The average Bonchev–Trinajstić information content (AvgIpc) is 2.78. The SMILES string of the molecule is CC(C)CNCc1cnc(-c2ccncn2)[nH]1. The summed E-state index contributed by atoms with van der Waals surface area (Å²) in [5.74, 6) is 1.44. The first-order valence-electron chi connectivity index (χ1n) is 5.76. The molecule has 17 heavy (non-hydrogen) atoms. The van der Waals surface area contributed by atoms with Crippen LogP contribution < -0.4 is 5.32 Å². The smallest absolute Gasteiger partial charge is 0.156 e. The number of rotatable bonds is 5. The molecule has 2 aromatic heterocycles. The Morgan fingerprint density at radius 2 is 2.24 bits per heavy atom. The van der Waals surface area contributed by atoms with Crippen LogP contribution in [0, 0.1) is 5.92 Å².